The Kier molecular flexibility index (Phi) is 4.13. The molecule has 0 unspecified atom stereocenters. The molecule has 116 valence electrons. The molecule has 1 heterocycles. The van der Waals surface area contributed by atoms with Crippen molar-refractivity contribution < 1.29 is 14.3 Å². The molecule has 0 atom stereocenters. The van der Waals surface area contributed by atoms with Crippen molar-refractivity contribution in [1.82, 2.24) is 9.88 Å². The fourth-order valence-corrected chi connectivity index (χ4v) is 3.06. The van der Waals surface area contributed by atoms with Gasteiger partial charge in [0.1, 0.15) is 6.54 Å². The van der Waals surface area contributed by atoms with E-state index in [4.69, 9.17) is 4.74 Å². The number of ether oxygens (including phenoxy) is 1. The largest absolute Gasteiger partial charge is 0.465 e. The van der Waals surface area contributed by atoms with Crippen LogP contribution in [0.15, 0.2) is 30.5 Å². The van der Waals surface area contributed by atoms with Crippen LogP contribution in [-0.4, -0.2) is 29.6 Å². The molecular weight excluding hydrogens is 280 g/mol. The highest BCUT2D eigenvalue weighted by atomic mass is 16.5. The van der Waals surface area contributed by atoms with E-state index in [0.29, 0.717) is 11.6 Å². The lowest BCUT2D eigenvalue weighted by Crippen LogP contribution is -2.35. The summed E-state index contributed by atoms with van der Waals surface area (Å²) in [7, 11) is 1.36. The number of hydrogen-bond donors (Lipinski definition) is 1. The lowest BCUT2D eigenvalue weighted by Gasteiger charge is -2.13. The van der Waals surface area contributed by atoms with Crippen LogP contribution in [0.3, 0.4) is 0 Å². The van der Waals surface area contributed by atoms with Gasteiger partial charge in [0.2, 0.25) is 5.91 Å². The van der Waals surface area contributed by atoms with E-state index in [1.807, 2.05) is 22.9 Å². The number of aromatic nitrogens is 1. The Morgan fingerprint density at radius 3 is 2.77 bits per heavy atom. The van der Waals surface area contributed by atoms with Crippen LogP contribution in [0, 0.1) is 0 Å². The zero-order valence-corrected chi connectivity index (χ0v) is 12.7. The third kappa shape index (κ3) is 2.98. The van der Waals surface area contributed by atoms with Gasteiger partial charge in [-0.25, -0.2) is 4.79 Å². The molecule has 0 saturated heterocycles. The van der Waals surface area contributed by atoms with E-state index >= 15 is 0 Å². The average molecular weight is 300 g/mol. The predicted molar refractivity (Wildman–Crippen MR) is 83.7 cm³/mol. The number of nitrogens with one attached hydrogen (secondary N) is 1. The molecule has 1 aliphatic rings. The number of fused-ring (bicyclic) bond motifs is 1. The van der Waals surface area contributed by atoms with Gasteiger partial charge in [0.05, 0.1) is 12.7 Å². The van der Waals surface area contributed by atoms with Crippen LogP contribution in [0.25, 0.3) is 10.9 Å². The van der Waals surface area contributed by atoms with Gasteiger partial charge in [0, 0.05) is 17.8 Å². The Labute approximate surface area is 129 Å². The maximum atomic E-state index is 12.2. The Bertz CT molecular complexity index is 699. The first-order chi connectivity index (χ1) is 10.7. The zero-order valence-electron chi connectivity index (χ0n) is 12.7. The summed E-state index contributed by atoms with van der Waals surface area (Å²) >= 11 is 0. The average Bonchev–Trinajstić information content (AvgIpc) is 3.16. The molecule has 3 rings (SSSR count). The highest BCUT2D eigenvalue weighted by Crippen LogP contribution is 2.19. The summed E-state index contributed by atoms with van der Waals surface area (Å²) in [6.07, 6.45) is 6.41. The Morgan fingerprint density at radius 2 is 2.05 bits per heavy atom. The van der Waals surface area contributed by atoms with Crippen LogP contribution in [0.5, 0.6) is 0 Å². The topological polar surface area (TPSA) is 60.3 Å². The lowest BCUT2D eigenvalue weighted by atomic mass is 10.1. The predicted octanol–water partition coefficient (Wildman–Crippen LogP) is 2.49. The first-order valence-corrected chi connectivity index (χ1v) is 7.64. The Hall–Kier alpha value is -2.30. The van der Waals surface area contributed by atoms with Crippen molar-refractivity contribution in [2.24, 2.45) is 0 Å². The Morgan fingerprint density at radius 1 is 1.27 bits per heavy atom. The molecule has 0 radical (unpaired) electrons. The first kappa shape index (κ1) is 14.6. The van der Waals surface area contributed by atoms with Gasteiger partial charge in [0.15, 0.2) is 0 Å². The van der Waals surface area contributed by atoms with Crippen molar-refractivity contribution in [3.63, 3.8) is 0 Å². The van der Waals surface area contributed by atoms with Gasteiger partial charge in [-0.1, -0.05) is 18.9 Å². The number of hydrogen-bond acceptors (Lipinski definition) is 3. The van der Waals surface area contributed by atoms with Crippen LogP contribution in [0.2, 0.25) is 0 Å². The summed E-state index contributed by atoms with van der Waals surface area (Å²) in [6.45, 7) is 0.268. The summed E-state index contributed by atoms with van der Waals surface area (Å²) in [5.74, 6) is -0.349. The Balaban J connectivity index is 1.77. The minimum absolute atomic E-state index is 0.0212. The number of rotatable bonds is 4. The highest BCUT2D eigenvalue weighted by Gasteiger charge is 2.17. The SMILES string of the molecule is COC(=O)c1ccc2ccn(CC(=O)NC3CCCC3)c2c1. The van der Waals surface area contributed by atoms with Crippen molar-refractivity contribution in [3.05, 3.63) is 36.0 Å². The van der Waals surface area contributed by atoms with E-state index in [0.717, 1.165) is 23.7 Å². The van der Waals surface area contributed by atoms with Crippen molar-refractivity contribution >= 4 is 22.8 Å². The van der Waals surface area contributed by atoms with Crippen LogP contribution in [0.4, 0.5) is 0 Å². The second kappa shape index (κ2) is 6.22. The molecule has 1 aromatic heterocycles. The second-order valence-corrected chi connectivity index (χ2v) is 5.76. The normalized spacial score (nSPS) is 15.1. The maximum Gasteiger partial charge on any atom is 0.337 e. The molecule has 0 aliphatic heterocycles. The molecule has 1 aliphatic carbocycles. The molecule has 1 saturated carbocycles. The quantitative estimate of drug-likeness (QED) is 0.883. The van der Waals surface area contributed by atoms with Gasteiger partial charge in [-0.15, -0.1) is 0 Å². The van der Waals surface area contributed by atoms with Crippen LogP contribution in [-0.2, 0) is 16.1 Å². The van der Waals surface area contributed by atoms with E-state index in [9.17, 15) is 9.59 Å². The third-order valence-electron chi connectivity index (χ3n) is 4.23. The van der Waals surface area contributed by atoms with Crippen LogP contribution >= 0.6 is 0 Å². The minimum Gasteiger partial charge on any atom is -0.465 e. The van der Waals surface area contributed by atoms with Crippen molar-refractivity contribution in [1.29, 1.82) is 0 Å². The number of carbonyl (C=O) groups is 2. The molecule has 1 N–H and O–H groups in total. The summed E-state index contributed by atoms with van der Waals surface area (Å²) in [6, 6.07) is 7.63. The van der Waals surface area contributed by atoms with Crippen molar-refractivity contribution in [2.75, 3.05) is 7.11 Å². The third-order valence-corrected chi connectivity index (χ3v) is 4.23. The van der Waals surface area contributed by atoms with Gasteiger partial charge < -0.3 is 14.6 Å². The summed E-state index contributed by atoms with van der Waals surface area (Å²) < 4.78 is 6.61. The standard InChI is InChI=1S/C17H20N2O3/c1-22-17(21)13-7-6-12-8-9-19(15(12)10-13)11-16(20)18-14-4-2-3-5-14/h6-10,14H,2-5,11H2,1H3,(H,18,20). The molecule has 1 fully saturated rings. The van der Waals surface area contributed by atoms with E-state index in [1.54, 1.807) is 12.1 Å². The molecule has 22 heavy (non-hydrogen) atoms. The fraction of sp³-hybridized carbons (Fsp3) is 0.412. The van der Waals surface area contributed by atoms with Gasteiger partial charge in [-0.2, -0.15) is 0 Å². The van der Waals surface area contributed by atoms with Gasteiger partial charge >= 0.3 is 5.97 Å². The molecule has 0 bridgehead atoms. The lowest BCUT2D eigenvalue weighted by molar-refractivity contribution is -0.122. The number of amides is 1. The highest BCUT2D eigenvalue weighted by molar-refractivity contribution is 5.95. The second-order valence-electron chi connectivity index (χ2n) is 5.76. The zero-order chi connectivity index (χ0) is 15.5. The monoisotopic (exact) mass is 300 g/mol. The molecule has 1 aromatic carbocycles. The summed E-state index contributed by atoms with van der Waals surface area (Å²) in [5.41, 5.74) is 1.36. The van der Waals surface area contributed by atoms with Gasteiger partial charge in [-0.3, -0.25) is 4.79 Å². The summed E-state index contributed by atoms with van der Waals surface area (Å²) in [5, 5.41) is 4.08. The number of benzene rings is 1. The van der Waals surface area contributed by atoms with Crippen LogP contribution in [0.1, 0.15) is 36.0 Å². The molecule has 5 heteroatoms. The number of carbonyl (C=O) groups excluding carboxylic acids is 2. The van der Waals surface area contributed by atoms with Crippen molar-refractivity contribution in [3.8, 4) is 0 Å². The number of nitrogens with zero attached hydrogens (tertiary/aromatic N) is 1. The number of methoxy groups -OCH3 is 1. The maximum absolute atomic E-state index is 12.2. The molecule has 2 aromatic rings. The molecule has 0 spiro atoms. The van der Waals surface area contributed by atoms with Crippen molar-refractivity contribution in [2.45, 2.75) is 38.3 Å². The fourth-order valence-electron chi connectivity index (χ4n) is 3.06. The molecular formula is C17H20N2O3. The number of esters is 1. The molecule has 1 amide bonds. The van der Waals surface area contributed by atoms with E-state index in [2.05, 4.69) is 5.32 Å². The first-order valence-electron chi connectivity index (χ1n) is 7.64. The summed E-state index contributed by atoms with van der Waals surface area (Å²) in [4.78, 5) is 23.8. The smallest absolute Gasteiger partial charge is 0.337 e. The minimum atomic E-state index is -0.370. The van der Waals surface area contributed by atoms with Gasteiger partial charge in [-0.05, 0) is 36.4 Å². The van der Waals surface area contributed by atoms with E-state index in [1.165, 1.54) is 20.0 Å². The van der Waals surface area contributed by atoms with Gasteiger partial charge in [0.25, 0.3) is 0 Å². The molecule has 5 nitrogen and oxygen atoms in total. The van der Waals surface area contributed by atoms with E-state index < -0.39 is 0 Å². The van der Waals surface area contributed by atoms with E-state index in [-0.39, 0.29) is 18.4 Å². The van der Waals surface area contributed by atoms with Crippen LogP contribution < -0.4 is 5.32 Å².